The zero-order chi connectivity index (χ0) is 14.1. The van der Waals surface area contributed by atoms with Crippen LogP contribution < -0.4 is 0 Å². The third-order valence-electron chi connectivity index (χ3n) is 3.43. The molecule has 2 nitrogen and oxygen atoms in total. The van der Waals surface area contributed by atoms with Crippen molar-refractivity contribution >= 4 is 17.5 Å². The molecule has 0 saturated heterocycles. The largest absolute Gasteiger partial charge is 0.254 e. The summed E-state index contributed by atoms with van der Waals surface area (Å²) < 4.78 is 0. The first-order valence-corrected chi connectivity index (χ1v) is 7.44. The summed E-state index contributed by atoms with van der Waals surface area (Å²) in [6.45, 7) is 6.26. The molecule has 3 rings (SSSR count). The van der Waals surface area contributed by atoms with Crippen LogP contribution in [0.25, 0.3) is 0 Å². The number of allylic oxidation sites excluding steroid dienone is 2. The molecular formula is C17H16N2S. The van der Waals surface area contributed by atoms with Gasteiger partial charge in [0.05, 0.1) is 11.4 Å². The van der Waals surface area contributed by atoms with Crippen LogP contribution in [0.4, 0.5) is 0 Å². The highest BCUT2D eigenvalue weighted by atomic mass is 32.2. The SMILES string of the molecule is CC1=C(C)Sc2ccccc2C(c2ncccc2C)=N1. The average Bonchev–Trinajstić information content (AvgIpc) is 2.57. The maximum atomic E-state index is 4.84. The van der Waals surface area contributed by atoms with Gasteiger partial charge < -0.3 is 0 Å². The zero-order valence-electron chi connectivity index (χ0n) is 11.8. The van der Waals surface area contributed by atoms with Gasteiger partial charge >= 0.3 is 0 Å². The summed E-state index contributed by atoms with van der Waals surface area (Å²) in [5.41, 5.74) is 5.32. The van der Waals surface area contributed by atoms with E-state index in [4.69, 9.17) is 4.99 Å². The van der Waals surface area contributed by atoms with Crippen molar-refractivity contribution in [3.63, 3.8) is 0 Å². The fraction of sp³-hybridized carbons (Fsp3) is 0.176. The lowest BCUT2D eigenvalue weighted by atomic mass is 10.0. The van der Waals surface area contributed by atoms with Gasteiger partial charge in [-0.15, -0.1) is 0 Å². The molecule has 0 fully saturated rings. The molecule has 1 aliphatic rings. The topological polar surface area (TPSA) is 25.2 Å². The number of thioether (sulfide) groups is 1. The van der Waals surface area contributed by atoms with E-state index >= 15 is 0 Å². The molecule has 2 heterocycles. The minimum Gasteiger partial charge on any atom is -0.254 e. The Bertz CT molecular complexity index is 729. The highest BCUT2D eigenvalue weighted by molar-refractivity contribution is 8.03. The van der Waals surface area contributed by atoms with Crippen LogP contribution in [0.15, 0.2) is 63.1 Å². The van der Waals surface area contributed by atoms with Gasteiger partial charge in [0, 0.05) is 27.3 Å². The number of benzene rings is 1. The molecule has 100 valence electrons. The molecule has 1 aromatic carbocycles. The Morgan fingerprint density at radius 1 is 0.950 bits per heavy atom. The Labute approximate surface area is 123 Å². The molecule has 1 aromatic heterocycles. The van der Waals surface area contributed by atoms with Gasteiger partial charge in [-0.2, -0.15) is 0 Å². The molecule has 0 unspecified atom stereocenters. The highest BCUT2D eigenvalue weighted by Crippen LogP contribution is 2.36. The van der Waals surface area contributed by atoms with Gasteiger partial charge in [0.2, 0.25) is 0 Å². The van der Waals surface area contributed by atoms with Gasteiger partial charge in [-0.25, -0.2) is 4.99 Å². The summed E-state index contributed by atoms with van der Waals surface area (Å²) in [5, 5.41) is 0. The van der Waals surface area contributed by atoms with Crippen molar-refractivity contribution in [2.75, 3.05) is 0 Å². The molecule has 1 aliphatic heterocycles. The predicted molar refractivity (Wildman–Crippen MR) is 85.3 cm³/mol. The van der Waals surface area contributed by atoms with Crippen molar-refractivity contribution < 1.29 is 0 Å². The fourth-order valence-corrected chi connectivity index (χ4v) is 3.16. The quantitative estimate of drug-likeness (QED) is 0.763. The third-order valence-corrected chi connectivity index (χ3v) is 4.61. The molecule has 0 atom stereocenters. The molecule has 0 amide bonds. The molecule has 20 heavy (non-hydrogen) atoms. The van der Waals surface area contributed by atoms with Crippen LogP contribution in [-0.2, 0) is 0 Å². The number of hydrogen-bond acceptors (Lipinski definition) is 3. The minimum absolute atomic E-state index is 0.967. The molecule has 0 saturated carbocycles. The summed E-state index contributed by atoms with van der Waals surface area (Å²) in [6.07, 6.45) is 1.83. The van der Waals surface area contributed by atoms with Crippen molar-refractivity contribution in [1.82, 2.24) is 4.98 Å². The monoisotopic (exact) mass is 280 g/mol. The number of pyridine rings is 1. The van der Waals surface area contributed by atoms with E-state index in [0.29, 0.717) is 0 Å². The summed E-state index contributed by atoms with van der Waals surface area (Å²) in [7, 11) is 0. The first kappa shape index (κ1) is 13.1. The van der Waals surface area contributed by atoms with Crippen LogP contribution in [0.2, 0.25) is 0 Å². The maximum absolute atomic E-state index is 4.84. The van der Waals surface area contributed by atoms with E-state index < -0.39 is 0 Å². The van der Waals surface area contributed by atoms with Gasteiger partial charge in [0.1, 0.15) is 0 Å². The van der Waals surface area contributed by atoms with Crippen LogP contribution >= 0.6 is 11.8 Å². The zero-order valence-corrected chi connectivity index (χ0v) is 12.7. The Hall–Kier alpha value is -1.87. The van der Waals surface area contributed by atoms with E-state index in [1.165, 1.54) is 9.80 Å². The molecule has 0 bridgehead atoms. The van der Waals surface area contributed by atoms with E-state index in [-0.39, 0.29) is 0 Å². The Morgan fingerprint density at radius 3 is 2.55 bits per heavy atom. The predicted octanol–water partition coefficient (Wildman–Crippen LogP) is 4.58. The number of hydrogen-bond donors (Lipinski definition) is 0. The van der Waals surface area contributed by atoms with E-state index in [1.54, 1.807) is 11.8 Å². The second-order valence-electron chi connectivity index (χ2n) is 4.87. The second-order valence-corrected chi connectivity index (χ2v) is 6.13. The lowest BCUT2D eigenvalue weighted by Gasteiger charge is -2.10. The van der Waals surface area contributed by atoms with E-state index in [0.717, 1.165) is 28.2 Å². The number of aromatic nitrogens is 1. The number of fused-ring (bicyclic) bond motifs is 1. The Balaban J connectivity index is 2.28. The number of aliphatic imine (C=N–C) groups is 1. The van der Waals surface area contributed by atoms with Crippen molar-refractivity contribution in [3.8, 4) is 0 Å². The molecule has 3 heteroatoms. The minimum atomic E-state index is 0.967. The molecule has 2 aromatic rings. The number of nitrogens with zero attached hydrogens (tertiary/aromatic N) is 2. The fourth-order valence-electron chi connectivity index (χ4n) is 2.21. The van der Waals surface area contributed by atoms with Crippen LogP contribution in [0, 0.1) is 6.92 Å². The van der Waals surface area contributed by atoms with Crippen molar-refractivity contribution in [1.29, 1.82) is 0 Å². The molecule has 0 spiro atoms. The van der Waals surface area contributed by atoms with Gasteiger partial charge in [0.15, 0.2) is 0 Å². The van der Waals surface area contributed by atoms with Crippen molar-refractivity contribution in [2.45, 2.75) is 25.7 Å². The molecule has 0 radical (unpaired) electrons. The standard InChI is InChI=1S/C17H16N2S/c1-11-7-6-10-18-16(11)17-14-8-4-5-9-15(14)20-13(3)12(2)19-17/h4-10H,1-3H3. The normalized spacial score (nSPS) is 14.7. The van der Waals surface area contributed by atoms with Crippen molar-refractivity contribution in [3.05, 3.63) is 70.0 Å². The van der Waals surface area contributed by atoms with Crippen LogP contribution in [0.5, 0.6) is 0 Å². The smallest absolute Gasteiger partial charge is 0.0975 e. The van der Waals surface area contributed by atoms with E-state index in [2.05, 4.69) is 56.1 Å². The average molecular weight is 280 g/mol. The number of aryl methyl sites for hydroxylation is 1. The summed E-state index contributed by atoms with van der Waals surface area (Å²) in [5.74, 6) is 0. The maximum Gasteiger partial charge on any atom is 0.0975 e. The molecule has 0 aliphatic carbocycles. The Morgan fingerprint density at radius 2 is 1.75 bits per heavy atom. The van der Waals surface area contributed by atoms with E-state index in [9.17, 15) is 0 Å². The Kier molecular flexibility index (Phi) is 3.45. The van der Waals surface area contributed by atoms with Crippen molar-refractivity contribution in [2.24, 2.45) is 4.99 Å². The van der Waals surface area contributed by atoms with Crippen LogP contribution in [-0.4, -0.2) is 10.7 Å². The second kappa shape index (κ2) is 5.25. The summed E-state index contributed by atoms with van der Waals surface area (Å²) in [6, 6.07) is 12.4. The van der Waals surface area contributed by atoms with Gasteiger partial charge in [-0.3, -0.25) is 4.98 Å². The molecule has 0 N–H and O–H groups in total. The first-order valence-electron chi connectivity index (χ1n) is 6.62. The number of rotatable bonds is 1. The van der Waals surface area contributed by atoms with Crippen LogP contribution in [0.3, 0.4) is 0 Å². The summed E-state index contributed by atoms with van der Waals surface area (Å²) >= 11 is 1.78. The summed E-state index contributed by atoms with van der Waals surface area (Å²) in [4.78, 5) is 11.9. The van der Waals surface area contributed by atoms with E-state index in [1.807, 2.05) is 12.3 Å². The first-order chi connectivity index (χ1) is 9.66. The highest BCUT2D eigenvalue weighted by Gasteiger charge is 2.18. The molecular weight excluding hydrogens is 264 g/mol. The lowest BCUT2D eigenvalue weighted by molar-refractivity contribution is 1.20. The van der Waals surface area contributed by atoms with Gasteiger partial charge in [-0.05, 0) is 38.5 Å². The van der Waals surface area contributed by atoms with Gasteiger partial charge in [-0.1, -0.05) is 36.0 Å². The lowest BCUT2D eigenvalue weighted by Crippen LogP contribution is -2.08. The van der Waals surface area contributed by atoms with Gasteiger partial charge in [0.25, 0.3) is 0 Å². The third kappa shape index (κ3) is 2.29. The van der Waals surface area contributed by atoms with Crippen LogP contribution in [0.1, 0.15) is 30.7 Å².